The van der Waals surface area contributed by atoms with Gasteiger partial charge in [0.25, 0.3) is 0 Å². The first-order valence-electron chi connectivity index (χ1n) is 6.10. The summed E-state index contributed by atoms with van der Waals surface area (Å²) in [5, 5.41) is 2.40. The highest BCUT2D eigenvalue weighted by molar-refractivity contribution is 5.84. The predicted molar refractivity (Wildman–Crippen MR) is 76.0 cm³/mol. The third kappa shape index (κ3) is 2.47. The molecule has 18 heavy (non-hydrogen) atoms. The fraction of sp³-hybridized carbons (Fsp3) is 0.333. The lowest BCUT2D eigenvalue weighted by Gasteiger charge is -2.23. The number of benzene rings is 2. The maximum Gasteiger partial charge on any atom is 0.119 e. The van der Waals surface area contributed by atoms with Crippen molar-refractivity contribution in [1.29, 1.82) is 0 Å². The molecule has 0 aliphatic rings. The van der Waals surface area contributed by atoms with Gasteiger partial charge in [-0.05, 0) is 48.6 Å². The van der Waals surface area contributed by atoms with E-state index in [9.17, 15) is 0 Å². The molecule has 0 heterocycles. The summed E-state index contributed by atoms with van der Waals surface area (Å²) in [5.74, 6) is 0.887. The van der Waals surface area contributed by atoms with Gasteiger partial charge in [0.05, 0.1) is 7.11 Å². The molecular formula is C15H20N2O. The lowest BCUT2D eigenvalue weighted by molar-refractivity contribution is 0.306. The van der Waals surface area contributed by atoms with Crippen molar-refractivity contribution in [2.24, 2.45) is 5.73 Å². The molecule has 2 N–H and O–H groups in total. The van der Waals surface area contributed by atoms with E-state index in [1.807, 2.05) is 12.1 Å². The summed E-state index contributed by atoms with van der Waals surface area (Å²) in [6.45, 7) is 0.620. The average molecular weight is 244 g/mol. The lowest BCUT2D eigenvalue weighted by atomic mass is 10.0. The Hall–Kier alpha value is -1.58. The topological polar surface area (TPSA) is 38.5 Å². The highest BCUT2D eigenvalue weighted by Crippen LogP contribution is 2.25. The van der Waals surface area contributed by atoms with Gasteiger partial charge in [-0.3, -0.25) is 0 Å². The summed E-state index contributed by atoms with van der Waals surface area (Å²) in [6, 6.07) is 12.8. The van der Waals surface area contributed by atoms with Crippen molar-refractivity contribution in [1.82, 2.24) is 4.90 Å². The molecule has 2 rings (SSSR count). The number of nitrogens with zero attached hydrogens (tertiary/aromatic N) is 1. The number of rotatable bonds is 4. The van der Waals surface area contributed by atoms with E-state index in [0.29, 0.717) is 6.54 Å². The number of methoxy groups -OCH3 is 1. The van der Waals surface area contributed by atoms with Crippen molar-refractivity contribution in [2.75, 3.05) is 27.7 Å². The second-order valence-electron chi connectivity index (χ2n) is 4.69. The number of hydrogen-bond donors (Lipinski definition) is 1. The molecule has 0 fully saturated rings. The molecule has 1 unspecified atom stereocenters. The second kappa shape index (κ2) is 5.38. The first kappa shape index (κ1) is 12.9. The van der Waals surface area contributed by atoms with Gasteiger partial charge >= 0.3 is 0 Å². The molecule has 0 bridgehead atoms. The Bertz CT molecular complexity index is 537. The average Bonchev–Trinajstić information content (AvgIpc) is 2.38. The van der Waals surface area contributed by atoms with E-state index < -0.39 is 0 Å². The van der Waals surface area contributed by atoms with Crippen molar-refractivity contribution >= 4 is 10.8 Å². The summed E-state index contributed by atoms with van der Waals surface area (Å²) >= 11 is 0. The summed E-state index contributed by atoms with van der Waals surface area (Å²) in [7, 11) is 5.79. The largest absolute Gasteiger partial charge is 0.497 e. The van der Waals surface area contributed by atoms with Crippen molar-refractivity contribution < 1.29 is 4.74 Å². The number of hydrogen-bond acceptors (Lipinski definition) is 3. The molecule has 96 valence electrons. The van der Waals surface area contributed by atoms with Gasteiger partial charge in [0, 0.05) is 12.6 Å². The fourth-order valence-electron chi connectivity index (χ4n) is 2.22. The molecule has 0 saturated carbocycles. The first-order valence-corrected chi connectivity index (χ1v) is 6.10. The normalized spacial score (nSPS) is 12.9. The van der Waals surface area contributed by atoms with Gasteiger partial charge in [0.15, 0.2) is 0 Å². The zero-order valence-corrected chi connectivity index (χ0v) is 11.2. The Balaban J connectivity index is 2.44. The van der Waals surface area contributed by atoms with Crippen LogP contribution < -0.4 is 10.5 Å². The van der Waals surface area contributed by atoms with Crippen molar-refractivity contribution in [3.63, 3.8) is 0 Å². The van der Waals surface area contributed by atoms with Crippen molar-refractivity contribution in [3.8, 4) is 5.75 Å². The predicted octanol–water partition coefficient (Wildman–Crippen LogP) is 2.41. The molecule has 0 spiro atoms. The molecule has 1 atom stereocenters. The number of fused-ring (bicyclic) bond motifs is 1. The first-order chi connectivity index (χ1) is 8.65. The Labute approximate surface area is 108 Å². The number of likely N-dealkylation sites (N-methyl/N-ethyl adjacent to an activating group) is 1. The van der Waals surface area contributed by atoms with Gasteiger partial charge in [-0.1, -0.05) is 18.2 Å². The SMILES string of the molecule is COc1ccc2cc(C(CN)N(C)C)ccc2c1. The van der Waals surface area contributed by atoms with Crippen LogP contribution in [0.2, 0.25) is 0 Å². The summed E-state index contributed by atoms with van der Waals surface area (Å²) in [6.07, 6.45) is 0. The number of nitrogens with two attached hydrogens (primary N) is 1. The minimum Gasteiger partial charge on any atom is -0.497 e. The van der Waals surface area contributed by atoms with Crippen molar-refractivity contribution in [3.05, 3.63) is 42.0 Å². The summed E-state index contributed by atoms with van der Waals surface area (Å²) < 4.78 is 5.23. The molecule has 0 saturated heterocycles. The molecule has 0 amide bonds. The van der Waals surface area contributed by atoms with E-state index >= 15 is 0 Å². The second-order valence-corrected chi connectivity index (χ2v) is 4.69. The van der Waals surface area contributed by atoms with E-state index in [4.69, 9.17) is 10.5 Å². The smallest absolute Gasteiger partial charge is 0.119 e. The quantitative estimate of drug-likeness (QED) is 0.897. The Kier molecular flexibility index (Phi) is 3.84. The molecule has 0 radical (unpaired) electrons. The van der Waals surface area contributed by atoms with E-state index in [0.717, 1.165) is 5.75 Å². The van der Waals surface area contributed by atoms with Gasteiger partial charge in [-0.15, -0.1) is 0 Å². The van der Waals surface area contributed by atoms with E-state index in [2.05, 4.69) is 43.3 Å². The van der Waals surface area contributed by atoms with Gasteiger partial charge in [0.2, 0.25) is 0 Å². The van der Waals surface area contributed by atoms with Crippen LogP contribution in [0.15, 0.2) is 36.4 Å². The highest BCUT2D eigenvalue weighted by Gasteiger charge is 2.12. The molecule has 3 nitrogen and oxygen atoms in total. The molecule has 2 aromatic carbocycles. The fourth-order valence-corrected chi connectivity index (χ4v) is 2.22. The van der Waals surface area contributed by atoms with Crippen LogP contribution >= 0.6 is 0 Å². The van der Waals surface area contributed by atoms with Crippen LogP contribution in [0, 0.1) is 0 Å². The van der Waals surface area contributed by atoms with E-state index in [-0.39, 0.29) is 6.04 Å². The maximum absolute atomic E-state index is 5.83. The van der Waals surface area contributed by atoms with Crippen LogP contribution in [-0.4, -0.2) is 32.6 Å². The van der Waals surface area contributed by atoms with Crippen LogP contribution in [-0.2, 0) is 0 Å². The molecule has 3 heteroatoms. The zero-order chi connectivity index (χ0) is 13.1. The third-order valence-electron chi connectivity index (χ3n) is 3.30. The van der Waals surface area contributed by atoms with Gasteiger partial charge in [-0.25, -0.2) is 0 Å². The van der Waals surface area contributed by atoms with Crippen LogP contribution in [0.25, 0.3) is 10.8 Å². The molecule has 0 aliphatic carbocycles. The lowest BCUT2D eigenvalue weighted by Crippen LogP contribution is -2.27. The van der Waals surface area contributed by atoms with E-state index in [1.165, 1.54) is 16.3 Å². The van der Waals surface area contributed by atoms with E-state index in [1.54, 1.807) is 7.11 Å². The molecular weight excluding hydrogens is 224 g/mol. The van der Waals surface area contributed by atoms with Gasteiger partial charge < -0.3 is 15.4 Å². The van der Waals surface area contributed by atoms with Crippen LogP contribution in [0.3, 0.4) is 0 Å². The zero-order valence-electron chi connectivity index (χ0n) is 11.2. The minimum absolute atomic E-state index is 0.261. The van der Waals surface area contributed by atoms with Crippen LogP contribution in [0.4, 0.5) is 0 Å². The summed E-state index contributed by atoms with van der Waals surface area (Å²) in [4.78, 5) is 2.14. The molecule has 0 aliphatic heterocycles. The highest BCUT2D eigenvalue weighted by atomic mass is 16.5. The Morgan fingerprint density at radius 2 is 1.78 bits per heavy atom. The number of ether oxygens (including phenoxy) is 1. The van der Waals surface area contributed by atoms with Crippen LogP contribution in [0.1, 0.15) is 11.6 Å². The van der Waals surface area contributed by atoms with Crippen LogP contribution in [0.5, 0.6) is 5.75 Å². The Morgan fingerprint density at radius 1 is 1.11 bits per heavy atom. The monoisotopic (exact) mass is 244 g/mol. The molecule has 2 aromatic rings. The third-order valence-corrected chi connectivity index (χ3v) is 3.30. The maximum atomic E-state index is 5.83. The van der Waals surface area contributed by atoms with Crippen molar-refractivity contribution in [2.45, 2.75) is 6.04 Å². The minimum atomic E-state index is 0.261. The van der Waals surface area contributed by atoms with Gasteiger partial charge in [0.1, 0.15) is 5.75 Å². The van der Waals surface area contributed by atoms with Gasteiger partial charge in [-0.2, -0.15) is 0 Å². The molecule has 0 aromatic heterocycles. The Morgan fingerprint density at radius 3 is 2.39 bits per heavy atom. The standard InChI is InChI=1S/C15H20N2O/c1-17(2)15(10-16)13-5-4-12-9-14(18-3)7-6-11(12)8-13/h4-9,15H,10,16H2,1-3H3. The summed E-state index contributed by atoms with van der Waals surface area (Å²) in [5.41, 5.74) is 7.08.